The molecule has 5 heteroatoms. The van der Waals surface area contributed by atoms with Crippen molar-refractivity contribution < 1.29 is 4.79 Å². The number of carbonyl (C=O) groups is 1. The molecule has 2 aromatic rings. The molecule has 1 amide bonds. The van der Waals surface area contributed by atoms with Crippen molar-refractivity contribution in [3.8, 4) is 0 Å². The number of rotatable bonds is 6. The average Bonchev–Trinajstić information content (AvgIpc) is 3.15. The van der Waals surface area contributed by atoms with E-state index in [1.165, 1.54) is 0 Å². The topological polar surface area (TPSA) is 50.5 Å². The number of hydrogen-bond donors (Lipinski definition) is 0. The third-order valence-corrected chi connectivity index (χ3v) is 4.13. The molecule has 0 aliphatic carbocycles. The van der Waals surface area contributed by atoms with Gasteiger partial charge in [-0.1, -0.05) is 31.9 Å². The summed E-state index contributed by atoms with van der Waals surface area (Å²) in [6.45, 7) is 4.78. The van der Waals surface area contributed by atoms with Crippen LogP contribution < -0.4 is 5.01 Å². The van der Waals surface area contributed by atoms with Gasteiger partial charge in [0.1, 0.15) is 0 Å². The predicted molar refractivity (Wildman–Crippen MR) is 91.3 cm³/mol. The Kier molecular flexibility index (Phi) is 4.55. The molecule has 1 aromatic heterocycles. The van der Waals surface area contributed by atoms with Gasteiger partial charge < -0.3 is 4.57 Å². The van der Waals surface area contributed by atoms with Crippen LogP contribution in [-0.2, 0) is 11.3 Å². The van der Waals surface area contributed by atoms with Gasteiger partial charge in [0.15, 0.2) is 0 Å². The van der Waals surface area contributed by atoms with Crippen molar-refractivity contribution in [2.75, 3.05) is 5.01 Å². The highest BCUT2D eigenvalue weighted by molar-refractivity contribution is 6.15. The number of hydrogen-bond acceptors (Lipinski definition) is 3. The molecule has 0 bridgehead atoms. The first-order valence-electron chi connectivity index (χ1n) is 8.12. The molecule has 1 aliphatic heterocycles. The molecule has 0 saturated carbocycles. The predicted octanol–water partition coefficient (Wildman–Crippen LogP) is 3.40. The fraction of sp³-hybridized carbons (Fsp3) is 0.389. The van der Waals surface area contributed by atoms with E-state index in [1.54, 1.807) is 17.5 Å². The lowest BCUT2D eigenvalue weighted by Crippen LogP contribution is -2.28. The van der Waals surface area contributed by atoms with Gasteiger partial charge in [0.25, 0.3) is 5.91 Å². The Bertz CT molecular complexity index is 706. The van der Waals surface area contributed by atoms with Crippen molar-refractivity contribution in [1.82, 2.24) is 9.55 Å². The molecule has 3 rings (SSSR count). The lowest BCUT2D eigenvalue weighted by Gasteiger charge is -2.14. The zero-order valence-electron chi connectivity index (χ0n) is 13.6. The highest BCUT2D eigenvalue weighted by Gasteiger charge is 2.36. The molecule has 0 spiro atoms. The first-order valence-corrected chi connectivity index (χ1v) is 8.12. The third-order valence-electron chi connectivity index (χ3n) is 4.13. The van der Waals surface area contributed by atoms with E-state index >= 15 is 0 Å². The monoisotopic (exact) mass is 310 g/mol. The maximum Gasteiger partial charge on any atom is 0.256 e. The number of benzene rings is 1. The summed E-state index contributed by atoms with van der Waals surface area (Å²) in [5, 5.41) is 6.21. The first-order chi connectivity index (χ1) is 11.2. The molecular formula is C18H22N4O. The van der Waals surface area contributed by atoms with Crippen molar-refractivity contribution in [3.05, 3.63) is 48.5 Å². The number of aromatic nitrogens is 2. The van der Waals surface area contributed by atoms with Gasteiger partial charge in [0.05, 0.1) is 30.2 Å². The molecule has 1 unspecified atom stereocenters. The first kappa shape index (κ1) is 15.5. The summed E-state index contributed by atoms with van der Waals surface area (Å²) in [6.07, 6.45) is 8.37. The van der Waals surface area contributed by atoms with Gasteiger partial charge >= 0.3 is 0 Å². The van der Waals surface area contributed by atoms with Gasteiger partial charge in [0, 0.05) is 12.4 Å². The molecule has 1 atom stereocenters. The second-order valence-electron chi connectivity index (χ2n) is 6.01. The molecule has 0 N–H and O–H groups in total. The minimum atomic E-state index is -0.127. The van der Waals surface area contributed by atoms with Gasteiger partial charge in [0.2, 0.25) is 0 Å². The van der Waals surface area contributed by atoms with Crippen LogP contribution in [0.15, 0.2) is 48.1 Å². The number of imidazole rings is 1. The van der Waals surface area contributed by atoms with Gasteiger partial charge in [-0.3, -0.25) is 4.79 Å². The SMILES string of the molecule is CCCCC1C(=O)N(c2cccc(C)c2)N=C1Cn1ccnc1. The third kappa shape index (κ3) is 3.33. The van der Waals surface area contributed by atoms with Crippen LogP contribution in [0.3, 0.4) is 0 Å². The van der Waals surface area contributed by atoms with Gasteiger partial charge in [-0.25, -0.2) is 9.99 Å². The summed E-state index contributed by atoms with van der Waals surface area (Å²) in [5.74, 6) is -0.0444. The normalized spacial score (nSPS) is 17.7. The quantitative estimate of drug-likeness (QED) is 0.821. The molecule has 5 nitrogen and oxygen atoms in total. The maximum absolute atomic E-state index is 12.8. The van der Waals surface area contributed by atoms with Crippen LogP contribution in [0.5, 0.6) is 0 Å². The molecule has 0 saturated heterocycles. The highest BCUT2D eigenvalue weighted by atomic mass is 16.2. The zero-order chi connectivity index (χ0) is 16.2. The number of aryl methyl sites for hydroxylation is 1. The number of carbonyl (C=O) groups excluding carboxylic acids is 1. The fourth-order valence-electron chi connectivity index (χ4n) is 2.89. The molecule has 0 fully saturated rings. The summed E-state index contributed by atoms with van der Waals surface area (Å²) < 4.78 is 1.96. The van der Waals surface area contributed by atoms with Crippen LogP contribution in [0.25, 0.3) is 0 Å². The van der Waals surface area contributed by atoms with E-state index < -0.39 is 0 Å². The molecule has 0 radical (unpaired) electrons. The van der Waals surface area contributed by atoms with E-state index in [4.69, 9.17) is 0 Å². The van der Waals surface area contributed by atoms with E-state index in [0.717, 1.165) is 36.2 Å². The van der Waals surface area contributed by atoms with Crippen LogP contribution in [0.1, 0.15) is 31.7 Å². The van der Waals surface area contributed by atoms with Crippen molar-refractivity contribution in [2.45, 2.75) is 39.7 Å². The summed E-state index contributed by atoms with van der Waals surface area (Å²) in [4.78, 5) is 16.9. The Balaban J connectivity index is 1.88. The molecule has 23 heavy (non-hydrogen) atoms. The van der Waals surface area contributed by atoms with Crippen molar-refractivity contribution in [2.24, 2.45) is 11.0 Å². The zero-order valence-corrected chi connectivity index (χ0v) is 13.6. The Labute approximate surface area is 136 Å². The van der Waals surface area contributed by atoms with Crippen molar-refractivity contribution in [1.29, 1.82) is 0 Å². The lowest BCUT2D eigenvalue weighted by atomic mass is 9.96. The Morgan fingerprint density at radius 1 is 1.30 bits per heavy atom. The second kappa shape index (κ2) is 6.77. The highest BCUT2D eigenvalue weighted by Crippen LogP contribution is 2.28. The molecule has 1 aromatic carbocycles. The number of anilines is 1. The number of nitrogens with zero attached hydrogens (tertiary/aromatic N) is 4. The Morgan fingerprint density at radius 2 is 2.17 bits per heavy atom. The molecule has 2 heterocycles. The minimum absolute atomic E-state index is 0.0826. The largest absolute Gasteiger partial charge is 0.332 e. The second-order valence-corrected chi connectivity index (χ2v) is 6.01. The van der Waals surface area contributed by atoms with Crippen molar-refractivity contribution in [3.63, 3.8) is 0 Å². The van der Waals surface area contributed by atoms with E-state index in [1.807, 2.05) is 42.0 Å². The number of unbranched alkanes of at least 4 members (excludes halogenated alkanes) is 1. The van der Waals surface area contributed by atoms with Crippen LogP contribution in [0.4, 0.5) is 5.69 Å². The Morgan fingerprint density at radius 3 is 2.87 bits per heavy atom. The standard InChI is InChI=1S/C18H22N4O/c1-3-4-8-16-17(12-21-10-9-19-13-21)20-22(18(16)23)15-7-5-6-14(2)11-15/h5-7,9-11,13,16H,3-4,8,12H2,1-2H3. The van der Waals surface area contributed by atoms with Crippen LogP contribution in [-0.4, -0.2) is 21.2 Å². The molecular weight excluding hydrogens is 288 g/mol. The summed E-state index contributed by atoms with van der Waals surface area (Å²) in [6, 6.07) is 7.92. The summed E-state index contributed by atoms with van der Waals surface area (Å²) in [7, 11) is 0. The fourth-order valence-corrected chi connectivity index (χ4v) is 2.89. The van der Waals surface area contributed by atoms with Gasteiger partial charge in [-0.05, 0) is 31.0 Å². The van der Waals surface area contributed by atoms with Crippen LogP contribution >= 0.6 is 0 Å². The van der Waals surface area contributed by atoms with E-state index in [2.05, 4.69) is 17.0 Å². The van der Waals surface area contributed by atoms with Crippen LogP contribution in [0.2, 0.25) is 0 Å². The summed E-state index contributed by atoms with van der Waals surface area (Å²) in [5.41, 5.74) is 2.89. The molecule has 1 aliphatic rings. The van der Waals surface area contributed by atoms with E-state index in [-0.39, 0.29) is 11.8 Å². The molecule has 120 valence electrons. The smallest absolute Gasteiger partial charge is 0.256 e. The number of hydrazone groups is 1. The van der Waals surface area contributed by atoms with Crippen molar-refractivity contribution >= 4 is 17.3 Å². The van der Waals surface area contributed by atoms with Gasteiger partial charge in [-0.15, -0.1) is 0 Å². The van der Waals surface area contributed by atoms with Crippen LogP contribution in [0, 0.1) is 12.8 Å². The number of amides is 1. The van der Waals surface area contributed by atoms with E-state index in [0.29, 0.717) is 6.54 Å². The van der Waals surface area contributed by atoms with E-state index in [9.17, 15) is 4.79 Å². The maximum atomic E-state index is 12.8. The Hall–Kier alpha value is -2.43. The van der Waals surface area contributed by atoms with Gasteiger partial charge in [-0.2, -0.15) is 5.10 Å². The summed E-state index contributed by atoms with van der Waals surface area (Å²) >= 11 is 0. The lowest BCUT2D eigenvalue weighted by molar-refractivity contribution is -0.119. The minimum Gasteiger partial charge on any atom is -0.332 e. The average molecular weight is 310 g/mol.